The van der Waals surface area contributed by atoms with E-state index in [2.05, 4.69) is 12.2 Å². The lowest BCUT2D eigenvalue weighted by Crippen LogP contribution is -2.42. The third kappa shape index (κ3) is 3.93. The molecular formula is C11H22N2OS. The van der Waals surface area contributed by atoms with Crippen LogP contribution >= 0.6 is 11.8 Å². The average molecular weight is 230 g/mol. The lowest BCUT2D eigenvalue weighted by molar-refractivity contribution is 0.207. The van der Waals surface area contributed by atoms with Crippen LogP contribution in [0.4, 0.5) is 4.79 Å². The van der Waals surface area contributed by atoms with Gasteiger partial charge in [-0.15, -0.1) is 0 Å². The molecule has 1 aliphatic carbocycles. The lowest BCUT2D eigenvalue weighted by atomic mass is 10.2. The standard InChI is InChI=1S/C11H22N2OS/c1-4-13(3)11(14)12-9-6-7-10(8-9)15-5-2/h9-10H,4-8H2,1-3H3,(H,12,14). The molecule has 0 heterocycles. The Bertz CT molecular complexity index is 211. The molecule has 3 nitrogen and oxygen atoms in total. The molecule has 0 aromatic rings. The molecule has 0 aliphatic heterocycles. The van der Waals surface area contributed by atoms with Crippen LogP contribution in [-0.4, -0.2) is 41.6 Å². The summed E-state index contributed by atoms with van der Waals surface area (Å²) >= 11 is 2.02. The van der Waals surface area contributed by atoms with Gasteiger partial charge in [0, 0.05) is 24.9 Å². The van der Waals surface area contributed by atoms with Crippen LogP contribution in [0.2, 0.25) is 0 Å². The van der Waals surface area contributed by atoms with E-state index in [-0.39, 0.29) is 6.03 Å². The molecule has 1 saturated carbocycles. The van der Waals surface area contributed by atoms with E-state index in [1.54, 1.807) is 4.90 Å². The number of rotatable bonds is 4. The maximum atomic E-state index is 11.6. The number of urea groups is 1. The predicted octanol–water partition coefficient (Wildman–Crippen LogP) is 2.32. The molecule has 1 fully saturated rings. The summed E-state index contributed by atoms with van der Waals surface area (Å²) in [6.45, 7) is 4.96. The van der Waals surface area contributed by atoms with E-state index in [0.717, 1.165) is 24.6 Å². The fraction of sp³-hybridized carbons (Fsp3) is 0.909. The van der Waals surface area contributed by atoms with Crippen molar-refractivity contribution in [2.24, 2.45) is 0 Å². The molecule has 2 unspecified atom stereocenters. The molecule has 2 amide bonds. The number of thioether (sulfide) groups is 1. The Hall–Kier alpha value is -0.380. The van der Waals surface area contributed by atoms with E-state index in [1.807, 2.05) is 25.7 Å². The first-order chi connectivity index (χ1) is 7.17. The summed E-state index contributed by atoms with van der Waals surface area (Å²) in [5.41, 5.74) is 0. The number of nitrogens with zero attached hydrogens (tertiary/aromatic N) is 1. The molecule has 1 rings (SSSR count). The van der Waals surface area contributed by atoms with Gasteiger partial charge in [-0.1, -0.05) is 6.92 Å². The Morgan fingerprint density at radius 3 is 2.80 bits per heavy atom. The predicted molar refractivity (Wildman–Crippen MR) is 66.4 cm³/mol. The minimum absolute atomic E-state index is 0.0737. The largest absolute Gasteiger partial charge is 0.335 e. The molecular weight excluding hydrogens is 208 g/mol. The van der Waals surface area contributed by atoms with Gasteiger partial charge in [0.05, 0.1) is 0 Å². The van der Waals surface area contributed by atoms with Crippen LogP contribution in [0, 0.1) is 0 Å². The summed E-state index contributed by atoms with van der Waals surface area (Å²) < 4.78 is 0. The molecule has 4 heteroatoms. The molecule has 0 saturated heterocycles. The first-order valence-electron chi connectivity index (χ1n) is 5.80. The summed E-state index contributed by atoms with van der Waals surface area (Å²) in [6, 6.07) is 0.472. The van der Waals surface area contributed by atoms with Crippen LogP contribution < -0.4 is 5.32 Å². The van der Waals surface area contributed by atoms with Gasteiger partial charge < -0.3 is 10.2 Å². The average Bonchev–Trinajstić information content (AvgIpc) is 2.65. The maximum absolute atomic E-state index is 11.6. The normalized spacial score (nSPS) is 25.3. The highest BCUT2D eigenvalue weighted by Crippen LogP contribution is 2.29. The monoisotopic (exact) mass is 230 g/mol. The summed E-state index contributed by atoms with van der Waals surface area (Å²) in [4.78, 5) is 13.3. The quantitative estimate of drug-likeness (QED) is 0.804. The lowest BCUT2D eigenvalue weighted by Gasteiger charge is -2.19. The van der Waals surface area contributed by atoms with Gasteiger partial charge in [0.15, 0.2) is 0 Å². The molecule has 15 heavy (non-hydrogen) atoms. The first-order valence-corrected chi connectivity index (χ1v) is 6.85. The molecule has 0 aromatic heterocycles. The van der Waals surface area contributed by atoms with Gasteiger partial charge >= 0.3 is 6.03 Å². The summed E-state index contributed by atoms with van der Waals surface area (Å²) in [5.74, 6) is 1.18. The second kappa shape index (κ2) is 6.26. The third-order valence-electron chi connectivity index (χ3n) is 2.94. The van der Waals surface area contributed by atoms with Crippen molar-refractivity contribution < 1.29 is 4.79 Å². The van der Waals surface area contributed by atoms with Crippen LogP contribution in [0.15, 0.2) is 0 Å². The van der Waals surface area contributed by atoms with Gasteiger partial charge in [0.25, 0.3) is 0 Å². The Kier molecular flexibility index (Phi) is 5.29. The minimum atomic E-state index is 0.0737. The summed E-state index contributed by atoms with van der Waals surface area (Å²) in [5, 5.41) is 3.85. The number of carbonyl (C=O) groups is 1. The Morgan fingerprint density at radius 1 is 1.47 bits per heavy atom. The summed E-state index contributed by atoms with van der Waals surface area (Å²) in [7, 11) is 1.84. The van der Waals surface area contributed by atoms with Gasteiger partial charge in [-0.3, -0.25) is 0 Å². The topological polar surface area (TPSA) is 32.3 Å². The minimum Gasteiger partial charge on any atom is -0.335 e. The van der Waals surface area contributed by atoms with Crippen LogP contribution in [0.3, 0.4) is 0 Å². The molecule has 0 aromatic carbocycles. The van der Waals surface area contributed by atoms with Crippen molar-refractivity contribution in [3.05, 3.63) is 0 Å². The van der Waals surface area contributed by atoms with Crippen LogP contribution in [-0.2, 0) is 0 Å². The molecule has 1 aliphatic rings. The van der Waals surface area contributed by atoms with Gasteiger partial charge in [0.1, 0.15) is 0 Å². The fourth-order valence-corrected chi connectivity index (χ4v) is 3.03. The first kappa shape index (κ1) is 12.7. The van der Waals surface area contributed by atoms with Crippen molar-refractivity contribution in [1.82, 2.24) is 10.2 Å². The van der Waals surface area contributed by atoms with Crippen LogP contribution in [0.25, 0.3) is 0 Å². The van der Waals surface area contributed by atoms with E-state index < -0.39 is 0 Å². The van der Waals surface area contributed by atoms with E-state index in [0.29, 0.717) is 6.04 Å². The molecule has 0 spiro atoms. The maximum Gasteiger partial charge on any atom is 0.317 e. The molecule has 0 bridgehead atoms. The van der Waals surface area contributed by atoms with Crippen molar-refractivity contribution in [3.63, 3.8) is 0 Å². The molecule has 0 radical (unpaired) electrons. The van der Waals surface area contributed by atoms with Crippen LogP contribution in [0.5, 0.6) is 0 Å². The summed E-state index contributed by atoms with van der Waals surface area (Å²) in [6.07, 6.45) is 3.53. The van der Waals surface area contributed by atoms with Crippen molar-refractivity contribution in [1.29, 1.82) is 0 Å². The van der Waals surface area contributed by atoms with E-state index in [9.17, 15) is 4.79 Å². The van der Waals surface area contributed by atoms with E-state index in [4.69, 9.17) is 0 Å². The number of amides is 2. The van der Waals surface area contributed by atoms with Gasteiger partial charge in [-0.2, -0.15) is 11.8 Å². The van der Waals surface area contributed by atoms with Crippen molar-refractivity contribution in [2.75, 3.05) is 19.3 Å². The van der Waals surface area contributed by atoms with E-state index in [1.165, 1.54) is 12.2 Å². The van der Waals surface area contributed by atoms with Gasteiger partial charge in [-0.05, 0) is 31.9 Å². The number of nitrogens with one attached hydrogen (secondary N) is 1. The second-order valence-electron chi connectivity index (χ2n) is 4.05. The highest BCUT2D eigenvalue weighted by atomic mass is 32.2. The zero-order valence-electron chi connectivity index (χ0n) is 9.95. The molecule has 88 valence electrons. The van der Waals surface area contributed by atoms with Crippen LogP contribution in [0.1, 0.15) is 33.1 Å². The smallest absolute Gasteiger partial charge is 0.317 e. The number of hydrogen-bond donors (Lipinski definition) is 1. The Balaban J connectivity index is 2.26. The number of hydrogen-bond acceptors (Lipinski definition) is 2. The molecule has 2 atom stereocenters. The Labute approximate surface area is 97.0 Å². The zero-order chi connectivity index (χ0) is 11.3. The van der Waals surface area contributed by atoms with Crippen molar-refractivity contribution in [2.45, 2.75) is 44.4 Å². The van der Waals surface area contributed by atoms with Gasteiger partial charge in [0.2, 0.25) is 0 Å². The third-order valence-corrected chi connectivity index (χ3v) is 4.17. The number of carbonyl (C=O) groups excluding carboxylic acids is 1. The van der Waals surface area contributed by atoms with Crippen molar-refractivity contribution >= 4 is 17.8 Å². The Morgan fingerprint density at radius 2 is 2.20 bits per heavy atom. The molecule has 1 N–H and O–H groups in total. The van der Waals surface area contributed by atoms with Gasteiger partial charge in [-0.25, -0.2) is 4.79 Å². The highest BCUT2D eigenvalue weighted by Gasteiger charge is 2.26. The SMILES string of the molecule is CCSC1CCC(NC(=O)N(C)CC)C1. The fourth-order valence-electron chi connectivity index (χ4n) is 1.89. The zero-order valence-corrected chi connectivity index (χ0v) is 10.8. The highest BCUT2D eigenvalue weighted by molar-refractivity contribution is 7.99. The van der Waals surface area contributed by atoms with Crippen molar-refractivity contribution in [3.8, 4) is 0 Å². The second-order valence-corrected chi connectivity index (χ2v) is 5.63. The van der Waals surface area contributed by atoms with E-state index >= 15 is 0 Å².